The lowest BCUT2D eigenvalue weighted by molar-refractivity contribution is -0.0444. The van der Waals surface area contributed by atoms with Crippen molar-refractivity contribution in [2.45, 2.75) is 31.4 Å². The highest BCUT2D eigenvalue weighted by atomic mass is 16.5. The van der Waals surface area contributed by atoms with E-state index >= 15 is 0 Å². The van der Waals surface area contributed by atoms with Gasteiger partial charge in [-0.3, -0.25) is 4.79 Å². The van der Waals surface area contributed by atoms with Gasteiger partial charge >= 0.3 is 0 Å². The monoisotopic (exact) mass is 301 g/mol. The average molecular weight is 301 g/mol. The molecule has 6 nitrogen and oxygen atoms in total. The summed E-state index contributed by atoms with van der Waals surface area (Å²) in [7, 11) is 1.61. The van der Waals surface area contributed by atoms with E-state index in [0.29, 0.717) is 24.5 Å². The number of carbonyl (C=O) groups is 1. The number of hydrogen-bond donors (Lipinski definition) is 0. The fourth-order valence-electron chi connectivity index (χ4n) is 3.67. The van der Waals surface area contributed by atoms with Crippen molar-refractivity contribution in [1.82, 2.24) is 14.5 Å². The van der Waals surface area contributed by atoms with Gasteiger partial charge in [-0.15, -0.1) is 0 Å². The van der Waals surface area contributed by atoms with Gasteiger partial charge in [-0.05, 0) is 31.4 Å². The lowest BCUT2D eigenvalue weighted by Crippen LogP contribution is -2.51. The molecule has 0 spiro atoms. The van der Waals surface area contributed by atoms with Crippen LogP contribution in [0.5, 0.6) is 5.75 Å². The molecule has 6 heteroatoms. The Morgan fingerprint density at radius 3 is 3.23 bits per heavy atom. The van der Waals surface area contributed by atoms with Gasteiger partial charge in [0.05, 0.1) is 37.6 Å². The second-order valence-electron chi connectivity index (χ2n) is 5.83. The predicted octanol–water partition coefficient (Wildman–Crippen LogP) is 1.74. The number of pyridine rings is 1. The molecule has 22 heavy (non-hydrogen) atoms. The second kappa shape index (κ2) is 5.28. The van der Waals surface area contributed by atoms with Gasteiger partial charge < -0.3 is 14.4 Å². The van der Waals surface area contributed by atoms with Gasteiger partial charge in [0, 0.05) is 12.7 Å². The number of fused-ring (bicyclic) bond motifs is 2. The summed E-state index contributed by atoms with van der Waals surface area (Å²) < 4.78 is 12.9. The van der Waals surface area contributed by atoms with Crippen molar-refractivity contribution in [2.75, 3.05) is 20.3 Å². The van der Waals surface area contributed by atoms with Crippen LogP contribution in [0.4, 0.5) is 0 Å². The molecule has 0 unspecified atom stereocenters. The number of morpholine rings is 1. The summed E-state index contributed by atoms with van der Waals surface area (Å²) in [5, 5.41) is 4.29. The highest BCUT2D eigenvalue weighted by molar-refractivity contribution is 6.02. The zero-order chi connectivity index (χ0) is 15.1. The topological polar surface area (TPSA) is 56.1 Å². The van der Waals surface area contributed by atoms with Gasteiger partial charge in [-0.2, -0.15) is 5.10 Å². The molecule has 2 fully saturated rings. The minimum absolute atomic E-state index is 0.0275. The van der Waals surface area contributed by atoms with Gasteiger partial charge in [0.1, 0.15) is 11.3 Å². The van der Waals surface area contributed by atoms with E-state index in [9.17, 15) is 4.79 Å². The Bertz CT molecular complexity index is 712. The van der Waals surface area contributed by atoms with E-state index < -0.39 is 0 Å². The number of amides is 1. The predicted molar refractivity (Wildman–Crippen MR) is 80.2 cm³/mol. The molecule has 0 N–H and O–H groups in total. The molecule has 1 saturated heterocycles. The Labute approximate surface area is 128 Å². The standard InChI is InChI=1S/C16H19N3O3/c1-21-14-6-3-7-19-15(14)11(10-17-19)16(20)18-8-9-22-13-5-2-4-12(13)18/h3,6-7,10,12-13H,2,4-5,8-9H2,1H3/t12-,13+/m0/s1. The van der Waals surface area contributed by atoms with Crippen molar-refractivity contribution in [1.29, 1.82) is 0 Å². The third-order valence-corrected chi connectivity index (χ3v) is 4.70. The Morgan fingerprint density at radius 1 is 1.45 bits per heavy atom. The van der Waals surface area contributed by atoms with Gasteiger partial charge in [0.15, 0.2) is 0 Å². The lowest BCUT2D eigenvalue weighted by atomic mass is 10.1. The van der Waals surface area contributed by atoms with Crippen LogP contribution in [-0.4, -0.2) is 52.8 Å². The number of hydrogen-bond acceptors (Lipinski definition) is 4. The molecule has 2 aliphatic rings. The van der Waals surface area contributed by atoms with Crippen molar-refractivity contribution in [3.05, 3.63) is 30.1 Å². The first-order chi connectivity index (χ1) is 10.8. The lowest BCUT2D eigenvalue weighted by Gasteiger charge is -2.37. The van der Waals surface area contributed by atoms with Crippen LogP contribution in [0.25, 0.3) is 5.52 Å². The molecule has 1 saturated carbocycles. The summed E-state index contributed by atoms with van der Waals surface area (Å²) >= 11 is 0. The number of rotatable bonds is 2. The molecule has 0 bridgehead atoms. The summed E-state index contributed by atoms with van der Waals surface area (Å²) in [6.45, 7) is 1.26. The van der Waals surface area contributed by atoms with E-state index in [0.717, 1.165) is 24.8 Å². The average Bonchev–Trinajstić information content (AvgIpc) is 3.20. The fraction of sp³-hybridized carbons (Fsp3) is 0.500. The summed E-state index contributed by atoms with van der Waals surface area (Å²) in [4.78, 5) is 15.0. The van der Waals surface area contributed by atoms with Crippen molar-refractivity contribution >= 4 is 11.4 Å². The van der Waals surface area contributed by atoms with Crippen molar-refractivity contribution in [2.24, 2.45) is 0 Å². The van der Waals surface area contributed by atoms with E-state index in [1.807, 2.05) is 23.2 Å². The number of methoxy groups -OCH3 is 1. The summed E-state index contributed by atoms with van der Waals surface area (Å²) in [6.07, 6.45) is 6.85. The largest absolute Gasteiger partial charge is 0.494 e. The molecule has 0 aromatic carbocycles. The van der Waals surface area contributed by atoms with Crippen LogP contribution < -0.4 is 4.74 Å². The van der Waals surface area contributed by atoms with Gasteiger partial charge in [-0.25, -0.2) is 4.52 Å². The van der Waals surface area contributed by atoms with Crippen LogP contribution in [0.1, 0.15) is 29.6 Å². The Balaban J connectivity index is 1.73. The third-order valence-electron chi connectivity index (χ3n) is 4.70. The Kier molecular flexibility index (Phi) is 3.26. The van der Waals surface area contributed by atoms with Gasteiger partial charge in [0.2, 0.25) is 0 Å². The molecule has 2 atom stereocenters. The molecule has 116 valence electrons. The second-order valence-corrected chi connectivity index (χ2v) is 5.83. The molecule has 1 aliphatic heterocycles. The molecular weight excluding hydrogens is 282 g/mol. The van der Waals surface area contributed by atoms with Crippen LogP contribution in [0.15, 0.2) is 24.5 Å². The van der Waals surface area contributed by atoms with Crippen LogP contribution in [0, 0.1) is 0 Å². The van der Waals surface area contributed by atoms with E-state index in [2.05, 4.69) is 5.10 Å². The first kappa shape index (κ1) is 13.6. The van der Waals surface area contributed by atoms with Crippen molar-refractivity contribution < 1.29 is 14.3 Å². The molecule has 4 rings (SSSR count). The maximum absolute atomic E-state index is 13.0. The minimum Gasteiger partial charge on any atom is -0.494 e. The van der Waals surface area contributed by atoms with Crippen LogP contribution >= 0.6 is 0 Å². The summed E-state index contributed by atoms with van der Waals surface area (Å²) in [5.41, 5.74) is 1.33. The van der Waals surface area contributed by atoms with E-state index in [-0.39, 0.29) is 18.1 Å². The first-order valence-corrected chi connectivity index (χ1v) is 7.72. The fourth-order valence-corrected chi connectivity index (χ4v) is 3.67. The molecule has 1 aliphatic carbocycles. The number of carbonyl (C=O) groups excluding carboxylic acids is 1. The van der Waals surface area contributed by atoms with Crippen molar-refractivity contribution in [3.63, 3.8) is 0 Å². The van der Waals surface area contributed by atoms with E-state index in [1.54, 1.807) is 17.8 Å². The van der Waals surface area contributed by atoms with Gasteiger partial charge in [0.25, 0.3) is 5.91 Å². The molecule has 2 aromatic rings. The van der Waals surface area contributed by atoms with Crippen LogP contribution in [0.2, 0.25) is 0 Å². The minimum atomic E-state index is 0.0275. The molecular formula is C16H19N3O3. The smallest absolute Gasteiger partial charge is 0.258 e. The molecule has 1 amide bonds. The van der Waals surface area contributed by atoms with Gasteiger partial charge in [-0.1, -0.05) is 0 Å². The molecule has 3 heterocycles. The van der Waals surface area contributed by atoms with Crippen LogP contribution in [0.3, 0.4) is 0 Å². The zero-order valence-electron chi connectivity index (χ0n) is 12.6. The maximum atomic E-state index is 13.0. The summed E-state index contributed by atoms with van der Waals surface area (Å²) in [5.74, 6) is 0.694. The molecule has 2 aromatic heterocycles. The highest BCUT2D eigenvalue weighted by Gasteiger charge is 2.39. The van der Waals surface area contributed by atoms with Crippen molar-refractivity contribution in [3.8, 4) is 5.75 Å². The van der Waals surface area contributed by atoms with E-state index in [1.165, 1.54) is 0 Å². The first-order valence-electron chi connectivity index (χ1n) is 7.72. The van der Waals surface area contributed by atoms with Crippen LogP contribution in [-0.2, 0) is 4.74 Å². The quantitative estimate of drug-likeness (QED) is 0.848. The number of ether oxygens (including phenoxy) is 2. The Hall–Kier alpha value is -2.08. The number of aromatic nitrogens is 2. The summed E-state index contributed by atoms with van der Waals surface area (Å²) in [6, 6.07) is 3.91. The highest BCUT2D eigenvalue weighted by Crippen LogP contribution is 2.32. The zero-order valence-corrected chi connectivity index (χ0v) is 12.6. The normalized spacial score (nSPS) is 24.5. The Morgan fingerprint density at radius 2 is 2.36 bits per heavy atom. The number of nitrogens with zero attached hydrogens (tertiary/aromatic N) is 3. The van der Waals surface area contributed by atoms with E-state index in [4.69, 9.17) is 9.47 Å². The SMILES string of the molecule is COc1cccn2ncc(C(=O)N3CCO[C@@H]4CCC[C@@H]43)c12. The maximum Gasteiger partial charge on any atom is 0.258 e. The molecule has 0 radical (unpaired) electrons. The third kappa shape index (κ3) is 1.98.